The Morgan fingerprint density at radius 2 is 0.958 bits per heavy atom. The van der Waals surface area contributed by atoms with Gasteiger partial charge in [0.1, 0.15) is 11.2 Å². The molecule has 2 aromatic rings. The van der Waals surface area contributed by atoms with Crippen LogP contribution in [0.15, 0.2) is 53.7 Å². The van der Waals surface area contributed by atoms with Crippen LogP contribution in [-0.2, 0) is 31.5 Å². The number of nitrogens with zero attached hydrogens (tertiary/aromatic N) is 1. The van der Waals surface area contributed by atoms with Crippen LogP contribution < -0.4 is 45.3 Å². The van der Waals surface area contributed by atoms with E-state index in [1.165, 1.54) is 26.0 Å². The number of amides is 2. The van der Waals surface area contributed by atoms with Gasteiger partial charge < -0.3 is 25.7 Å². The fourth-order valence-corrected chi connectivity index (χ4v) is 3.97. The van der Waals surface area contributed by atoms with Gasteiger partial charge in [-0.3, -0.25) is 14.4 Å². The molecular weight excluding hydrogens is 659 g/mol. The molecule has 0 aliphatic carbocycles. The zero-order valence-electron chi connectivity index (χ0n) is 28.5. The van der Waals surface area contributed by atoms with E-state index < -0.39 is 52.1 Å². The van der Waals surface area contributed by atoms with E-state index in [1.807, 2.05) is 0 Å². The fourth-order valence-electron chi connectivity index (χ4n) is 3.97. The summed E-state index contributed by atoms with van der Waals surface area (Å²) >= 11 is 0. The van der Waals surface area contributed by atoms with Crippen LogP contribution in [0.5, 0.6) is 0 Å². The largest absolute Gasteiger partial charge is 1.00 e. The topological polar surface area (TPSA) is 148 Å². The molecule has 2 amide bonds. The summed E-state index contributed by atoms with van der Waals surface area (Å²) in [6.45, 7) is 14.1. The molecule has 0 saturated carbocycles. The van der Waals surface area contributed by atoms with Crippen molar-refractivity contribution in [3.63, 3.8) is 0 Å². The standard InChI is InChI=1S/C15H19F3N2O2.C15H18F3NO2.C2H4O2.Na/c1-9(2)12(20-22)14(3,4)13(21)19-11-7-5-10(6-8-11)15(16,17)18;1-9(2)12(20)14(3,4)13(21)19-11-7-5-10(6-8-11)15(16,17)18;1-2(3)4;/h5-9,22H,1-4H3,(H,19,21);5-9H,1-4H3,(H,19,21);1H3,(H,3,4);/q;;;+1/p-1/b20-12+;;;. The van der Waals surface area contributed by atoms with E-state index in [4.69, 9.17) is 15.1 Å². The SMILES string of the molecule is CC(=O)[O-].CC(C)/C(=N\O)C(C)(C)C(=O)Nc1ccc(C(F)(F)F)cc1.CC(C)C(=O)C(C)(C)C(=O)Nc1ccc(C(F)(F)F)cc1.[Na+]. The molecule has 0 bridgehead atoms. The van der Waals surface area contributed by atoms with Gasteiger partial charge in [0, 0.05) is 23.3 Å². The van der Waals surface area contributed by atoms with Crippen LogP contribution in [0, 0.1) is 22.7 Å². The molecule has 0 aliphatic rings. The number of carbonyl (C=O) groups excluding carboxylic acids is 4. The minimum Gasteiger partial charge on any atom is -0.550 e. The van der Waals surface area contributed by atoms with Gasteiger partial charge >= 0.3 is 41.9 Å². The predicted molar refractivity (Wildman–Crippen MR) is 162 cm³/mol. The molecule has 3 N–H and O–H groups in total. The summed E-state index contributed by atoms with van der Waals surface area (Å²) in [5, 5.41) is 26.1. The van der Waals surface area contributed by atoms with Gasteiger partial charge in [0.2, 0.25) is 11.8 Å². The van der Waals surface area contributed by atoms with Crippen molar-refractivity contribution < 1.29 is 85.4 Å². The van der Waals surface area contributed by atoms with Crippen molar-refractivity contribution >= 4 is 40.7 Å². The van der Waals surface area contributed by atoms with Gasteiger partial charge in [0.05, 0.1) is 22.3 Å². The summed E-state index contributed by atoms with van der Waals surface area (Å²) < 4.78 is 74.7. The first kappa shape index (κ1) is 46.7. The monoisotopic (exact) mass is 699 g/mol. The molecule has 2 aromatic carbocycles. The Balaban J connectivity index is 0. The van der Waals surface area contributed by atoms with Crippen molar-refractivity contribution in [1.82, 2.24) is 0 Å². The minimum absolute atomic E-state index is 0. The number of benzene rings is 2. The number of carboxylic acids is 1. The Labute approximate surface area is 297 Å². The molecule has 9 nitrogen and oxygen atoms in total. The Morgan fingerprint density at radius 1 is 0.667 bits per heavy atom. The third-order valence-corrected chi connectivity index (χ3v) is 6.51. The molecule has 16 heteroatoms. The summed E-state index contributed by atoms with van der Waals surface area (Å²) in [6, 6.07) is 8.25. The van der Waals surface area contributed by atoms with Crippen LogP contribution in [0.25, 0.3) is 0 Å². The number of carboxylic acid groups (broad SMARTS) is 1. The Kier molecular flexibility index (Phi) is 18.4. The summed E-state index contributed by atoms with van der Waals surface area (Å²) in [4.78, 5) is 45.3. The number of anilines is 2. The quantitative estimate of drug-likeness (QED) is 0.0954. The summed E-state index contributed by atoms with van der Waals surface area (Å²) in [5.41, 5.74) is -3.16. The van der Waals surface area contributed by atoms with Crippen LogP contribution in [0.1, 0.15) is 73.4 Å². The second-order valence-electron chi connectivity index (χ2n) is 12.0. The van der Waals surface area contributed by atoms with Crippen LogP contribution in [0.4, 0.5) is 37.7 Å². The van der Waals surface area contributed by atoms with E-state index in [0.29, 0.717) is 0 Å². The van der Waals surface area contributed by atoms with Crippen LogP contribution in [0.2, 0.25) is 0 Å². The van der Waals surface area contributed by atoms with Crippen molar-refractivity contribution in [3.05, 3.63) is 59.7 Å². The number of nitrogens with one attached hydrogen (secondary N) is 2. The van der Waals surface area contributed by atoms with Crippen molar-refractivity contribution in [2.45, 2.75) is 74.7 Å². The number of alkyl halides is 6. The zero-order valence-corrected chi connectivity index (χ0v) is 30.5. The van der Waals surface area contributed by atoms with Crippen molar-refractivity contribution in [2.75, 3.05) is 10.6 Å². The average Bonchev–Trinajstić information content (AvgIpc) is 2.92. The first-order valence-corrected chi connectivity index (χ1v) is 14.1. The number of aliphatic carboxylic acids is 1. The summed E-state index contributed by atoms with van der Waals surface area (Å²) in [6.07, 6.45) is -8.84. The molecule has 262 valence electrons. The number of ketones is 1. The smallest absolute Gasteiger partial charge is 0.550 e. The summed E-state index contributed by atoms with van der Waals surface area (Å²) in [7, 11) is 0. The van der Waals surface area contributed by atoms with Gasteiger partial charge in [-0.2, -0.15) is 26.3 Å². The minimum atomic E-state index is -4.42. The molecule has 0 aliphatic heterocycles. The van der Waals surface area contributed by atoms with Gasteiger partial charge in [-0.1, -0.05) is 32.9 Å². The Morgan fingerprint density at radius 3 is 1.19 bits per heavy atom. The molecule has 0 fully saturated rings. The molecule has 0 heterocycles. The maximum atomic E-state index is 12.5. The van der Waals surface area contributed by atoms with Gasteiger partial charge in [-0.05, 0) is 89.1 Å². The van der Waals surface area contributed by atoms with Crippen molar-refractivity contribution in [1.29, 1.82) is 0 Å². The van der Waals surface area contributed by atoms with Gasteiger partial charge in [-0.15, -0.1) is 0 Å². The number of rotatable bonds is 8. The third kappa shape index (κ3) is 14.8. The molecule has 48 heavy (non-hydrogen) atoms. The fraction of sp³-hybridized carbons (Fsp3) is 0.469. The number of hydrogen-bond donors (Lipinski definition) is 3. The first-order chi connectivity index (χ1) is 21.2. The number of carbonyl (C=O) groups is 4. The first-order valence-electron chi connectivity index (χ1n) is 14.1. The Hall–Kier alpha value is -3.43. The molecular formula is C32H40F6N3NaO6. The molecule has 2 rings (SSSR count). The number of halogens is 6. The van der Waals surface area contributed by atoms with E-state index in [0.717, 1.165) is 43.3 Å². The van der Waals surface area contributed by atoms with Crippen LogP contribution in [0.3, 0.4) is 0 Å². The van der Waals surface area contributed by atoms with Crippen molar-refractivity contribution in [3.8, 4) is 0 Å². The normalized spacial score (nSPS) is 12.1. The maximum absolute atomic E-state index is 12.5. The van der Waals surface area contributed by atoms with E-state index >= 15 is 0 Å². The van der Waals surface area contributed by atoms with Gasteiger partial charge in [0.15, 0.2) is 0 Å². The predicted octanol–water partition coefficient (Wildman–Crippen LogP) is 3.81. The number of oxime groups is 1. The van der Waals surface area contributed by atoms with Gasteiger partial charge in [0.25, 0.3) is 0 Å². The van der Waals surface area contributed by atoms with E-state index in [1.54, 1.807) is 41.5 Å². The molecule has 0 radical (unpaired) electrons. The summed E-state index contributed by atoms with van der Waals surface area (Å²) in [5.74, 6) is -2.78. The van der Waals surface area contributed by atoms with Gasteiger partial charge in [-0.25, -0.2) is 0 Å². The molecule has 0 aromatic heterocycles. The maximum Gasteiger partial charge on any atom is 1.00 e. The van der Waals surface area contributed by atoms with E-state index in [9.17, 15) is 40.7 Å². The molecule has 0 saturated heterocycles. The number of hydrogen-bond acceptors (Lipinski definition) is 7. The van der Waals surface area contributed by atoms with Crippen LogP contribution >= 0.6 is 0 Å². The second kappa shape index (κ2) is 18.9. The second-order valence-corrected chi connectivity index (χ2v) is 12.0. The van der Waals surface area contributed by atoms with Crippen LogP contribution in [-0.4, -0.2) is 34.5 Å². The Bertz CT molecular complexity index is 1400. The molecule has 0 unspecified atom stereocenters. The molecule has 0 spiro atoms. The number of Topliss-reactive ketones (excluding diaryl/α,β-unsaturated/α-hetero) is 1. The molecule has 0 atom stereocenters. The third-order valence-electron chi connectivity index (χ3n) is 6.51. The van der Waals surface area contributed by atoms with E-state index in [-0.39, 0.29) is 64.3 Å². The zero-order chi connectivity index (χ0) is 37.1. The van der Waals surface area contributed by atoms with E-state index in [2.05, 4.69) is 15.8 Å². The van der Waals surface area contributed by atoms with Crippen molar-refractivity contribution in [2.24, 2.45) is 27.8 Å². The average molecular weight is 700 g/mol.